The molecule has 0 aliphatic heterocycles. The second-order valence-corrected chi connectivity index (χ2v) is 7.45. The average molecular weight is 319 g/mol. The molecule has 0 spiro atoms. The van der Waals surface area contributed by atoms with Gasteiger partial charge in [-0.2, -0.15) is 0 Å². The Hall–Kier alpha value is -0.560. The molecule has 0 aromatic heterocycles. The first kappa shape index (κ1) is 18.8. The Labute approximate surface area is 144 Å². The fourth-order valence-corrected chi connectivity index (χ4v) is 3.83. The van der Waals surface area contributed by atoms with E-state index in [1.165, 1.54) is 103 Å². The first-order valence-corrected chi connectivity index (χ1v) is 10.4. The van der Waals surface area contributed by atoms with E-state index in [0.717, 1.165) is 13.2 Å². The Morgan fingerprint density at radius 3 is 1.57 bits per heavy atom. The van der Waals surface area contributed by atoms with Gasteiger partial charge in [0.1, 0.15) is 0 Å². The van der Waals surface area contributed by atoms with Crippen molar-refractivity contribution in [2.24, 2.45) is 0 Å². The SMILES string of the molecule is C1=C(CCCCCOCCCCCC2=CCCCC2)CCCC1. The highest BCUT2D eigenvalue weighted by molar-refractivity contribution is 5.05. The third-order valence-corrected chi connectivity index (χ3v) is 5.34. The summed E-state index contributed by atoms with van der Waals surface area (Å²) >= 11 is 0. The van der Waals surface area contributed by atoms with Gasteiger partial charge in [0.15, 0.2) is 0 Å². The van der Waals surface area contributed by atoms with Crippen molar-refractivity contribution in [3.63, 3.8) is 0 Å². The molecule has 0 aromatic rings. The Morgan fingerprint density at radius 1 is 0.609 bits per heavy atom. The Balaban J connectivity index is 1.30. The molecule has 2 aliphatic carbocycles. The standard InChI is InChI=1S/C22H38O/c1-5-13-21(14-6-1)17-9-3-11-19-23-20-12-4-10-18-22-15-7-2-8-16-22/h13,15H,1-12,14,16-20H2. The summed E-state index contributed by atoms with van der Waals surface area (Å²) in [6, 6.07) is 0. The molecular weight excluding hydrogens is 280 g/mol. The van der Waals surface area contributed by atoms with Crippen LogP contribution in [0.2, 0.25) is 0 Å². The number of ether oxygens (including phenoxy) is 1. The summed E-state index contributed by atoms with van der Waals surface area (Å²) < 4.78 is 5.79. The Kier molecular flexibility index (Phi) is 10.5. The van der Waals surface area contributed by atoms with Gasteiger partial charge >= 0.3 is 0 Å². The van der Waals surface area contributed by atoms with Crippen molar-refractivity contribution in [2.75, 3.05) is 13.2 Å². The van der Waals surface area contributed by atoms with E-state index in [0.29, 0.717) is 0 Å². The second kappa shape index (κ2) is 12.8. The van der Waals surface area contributed by atoms with Crippen LogP contribution in [0.3, 0.4) is 0 Å². The summed E-state index contributed by atoms with van der Waals surface area (Å²) in [5.41, 5.74) is 3.45. The highest BCUT2D eigenvalue weighted by Crippen LogP contribution is 2.23. The molecule has 0 aromatic carbocycles. The third kappa shape index (κ3) is 9.35. The van der Waals surface area contributed by atoms with Crippen LogP contribution in [0.4, 0.5) is 0 Å². The largest absolute Gasteiger partial charge is 0.381 e. The lowest BCUT2D eigenvalue weighted by Crippen LogP contribution is -1.98. The van der Waals surface area contributed by atoms with Crippen molar-refractivity contribution < 1.29 is 4.74 Å². The van der Waals surface area contributed by atoms with E-state index in [2.05, 4.69) is 12.2 Å². The predicted molar refractivity (Wildman–Crippen MR) is 101 cm³/mol. The smallest absolute Gasteiger partial charge is 0.0466 e. The van der Waals surface area contributed by atoms with Gasteiger partial charge in [0.2, 0.25) is 0 Å². The number of hydrogen-bond donors (Lipinski definition) is 0. The second-order valence-electron chi connectivity index (χ2n) is 7.45. The molecule has 0 N–H and O–H groups in total. The van der Waals surface area contributed by atoms with E-state index in [1.54, 1.807) is 11.1 Å². The van der Waals surface area contributed by atoms with Gasteiger partial charge in [-0.1, -0.05) is 36.1 Å². The van der Waals surface area contributed by atoms with Crippen molar-refractivity contribution in [3.8, 4) is 0 Å². The zero-order chi connectivity index (χ0) is 16.0. The topological polar surface area (TPSA) is 9.23 Å². The average Bonchev–Trinajstić information content (AvgIpc) is 2.61. The van der Waals surface area contributed by atoms with Crippen LogP contribution < -0.4 is 0 Å². The van der Waals surface area contributed by atoms with Crippen molar-refractivity contribution in [1.82, 2.24) is 0 Å². The maximum Gasteiger partial charge on any atom is 0.0466 e. The number of allylic oxidation sites excluding steroid dienone is 4. The molecule has 0 saturated heterocycles. The zero-order valence-corrected chi connectivity index (χ0v) is 15.3. The van der Waals surface area contributed by atoms with Gasteiger partial charge in [0.25, 0.3) is 0 Å². The van der Waals surface area contributed by atoms with E-state index < -0.39 is 0 Å². The summed E-state index contributed by atoms with van der Waals surface area (Å²) in [5.74, 6) is 0. The van der Waals surface area contributed by atoms with Crippen LogP contribution in [-0.4, -0.2) is 13.2 Å². The van der Waals surface area contributed by atoms with E-state index >= 15 is 0 Å². The molecule has 0 heterocycles. The number of unbranched alkanes of at least 4 members (excludes halogenated alkanes) is 4. The van der Waals surface area contributed by atoms with Gasteiger partial charge in [0, 0.05) is 13.2 Å². The van der Waals surface area contributed by atoms with E-state index in [1.807, 2.05) is 0 Å². The summed E-state index contributed by atoms with van der Waals surface area (Å²) in [4.78, 5) is 0. The minimum atomic E-state index is 0.976. The molecule has 132 valence electrons. The van der Waals surface area contributed by atoms with Crippen LogP contribution >= 0.6 is 0 Å². The van der Waals surface area contributed by atoms with Crippen LogP contribution in [0.5, 0.6) is 0 Å². The number of hydrogen-bond acceptors (Lipinski definition) is 1. The van der Waals surface area contributed by atoms with Gasteiger partial charge in [-0.3, -0.25) is 0 Å². The van der Waals surface area contributed by atoms with Crippen LogP contribution in [0.1, 0.15) is 103 Å². The van der Waals surface area contributed by atoms with E-state index in [9.17, 15) is 0 Å². The first-order chi connectivity index (χ1) is 11.4. The molecule has 0 radical (unpaired) electrons. The monoisotopic (exact) mass is 318 g/mol. The van der Waals surface area contributed by atoms with Gasteiger partial charge in [-0.15, -0.1) is 0 Å². The highest BCUT2D eigenvalue weighted by atomic mass is 16.5. The lowest BCUT2D eigenvalue weighted by molar-refractivity contribution is 0.126. The van der Waals surface area contributed by atoms with Gasteiger partial charge in [-0.25, -0.2) is 0 Å². The van der Waals surface area contributed by atoms with Crippen LogP contribution in [-0.2, 0) is 4.74 Å². The lowest BCUT2D eigenvalue weighted by Gasteiger charge is -2.12. The minimum Gasteiger partial charge on any atom is -0.381 e. The molecule has 1 nitrogen and oxygen atoms in total. The molecule has 0 amide bonds. The summed E-state index contributed by atoms with van der Waals surface area (Å²) in [6.07, 6.45) is 26.6. The van der Waals surface area contributed by atoms with Crippen molar-refractivity contribution in [3.05, 3.63) is 23.3 Å². The molecule has 0 unspecified atom stereocenters. The van der Waals surface area contributed by atoms with Crippen LogP contribution in [0, 0.1) is 0 Å². The van der Waals surface area contributed by atoms with Gasteiger partial charge < -0.3 is 4.74 Å². The summed E-state index contributed by atoms with van der Waals surface area (Å²) in [7, 11) is 0. The van der Waals surface area contributed by atoms with Crippen LogP contribution in [0.25, 0.3) is 0 Å². The van der Waals surface area contributed by atoms with Gasteiger partial charge in [0.05, 0.1) is 0 Å². The van der Waals surface area contributed by atoms with Crippen molar-refractivity contribution in [2.45, 2.75) is 103 Å². The molecule has 0 fully saturated rings. The zero-order valence-electron chi connectivity index (χ0n) is 15.3. The maximum atomic E-state index is 5.79. The first-order valence-electron chi connectivity index (χ1n) is 10.4. The molecule has 2 rings (SSSR count). The molecule has 2 aliphatic rings. The predicted octanol–water partition coefficient (Wildman–Crippen LogP) is 7.12. The fraction of sp³-hybridized carbons (Fsp3) is 0.818. The van der Waals surface area contributed by atoms with Crippen molar-refractivity contribution >= 4 is 0 Å². The summed E-state index contributed by atoms with van der Waals surface area (Å²) in [5, 5.41) is 0. The molecular formula is C22H38O. The van der Waals surface area contributed by atoms with Crippen molar-refractivity contribution in [1.29, 1.82) is 0 Å². The summed E-state index contributed by atoms with van der Waals surface area (Å²) in [6.45, 7) is 1.95. The normalized spacial score (nSPS) is 18.6. The highest BCUT2D eigenvalue weighted by Gasteiger charge is 2.04. The van der Waals surface area contributed by atoms with Crippen LogP contribution in [0.15, 0.2) is 23.3 Å². The third-order valence-electron chi connectivity index (χ3n) is 5.34. The maximum absolute atomic E-state index is 5.79. The molecule has 0 bridgehead atoms. The molecule has 23 heavy (non-hydrogen) atoms. The molecule has 0 saturated carbocycles. The van der Waals surface area contributed by atoms with E-state index in [4.69, 9.17) is 4.74 Å². The van der Waals surface area contributed by atoms with E-state index in [-0.39, 0.29) is 0 Å². The Bertz CT molecular complexity index is 319. The molecule has 1 heteroatoms. The molecule has 0 atom stereocenters. The Morgan fingerprint density at radius 2 is 1.13 bits per heavy atom. The quantitative estimate of drug-likeness (QED) is 0.275. The fourth-order valence-electron chi connectivity index (χ4n) is 3.83. The number of rotatable bonds is 12. The minimum absolute atomic E-state index is 0.976. The lowest BCUT2D eigenvalue weighted by atomic mass is 9.95. The van der Waals surface area contributed by atoms with Gasteiger partial charge in [-0.05, 0) is 89.9 Å².